The van der Waals surface area contributed by atoms with E-state index in [4.69, 9.17) is 4.74 Å². The normalized spacial score (nSPS) is 30.3. The van der Waals surface area contributed by atoms with Gasteiger partial charge in [-0.2, -0.15) is 0 Å². The van der Waals surface area contributed by atoms with E-state index in [1.165, 1.54) is 4.90 Å². The minimum atomic E-state index is -0.830. The molecule has 7 atom stereocenters. The lowest BCUT2D eigenvalue weighted by Crippen LogP contribution is -2.51. The van der Waals surface area contributed by atoms with Gasteiger partial charge in [0.25, 0.3) is 0 Å². The highest BCUT2D eigenvalue weighted by atomic mass is 16.5. The zero-order valence-corrected chi connectivity index (χ0v) is 33.8. The minimum absolute atomic E-state index is 0.0625. The van der Waals surface area contributed by atoms with Crippen molar-refractivity contribution in [3.63, 3.8) is 0 Å². The number of hydrogen-bond acceptors (Lipinski definition) is 8. The molecule has 10 heteroatoms. The fourth-order valence-electron chi connectivity index (χ4n) is 9.12. The highest BCUT2D eigenvalue weighted by molar-refractivity contribution is 6.38. The molecule has 0 aromatic rings. The van der Waals surface area contributed by atoms with Gasteiger partial charge in [-0.05, 0) is 60.2 Å². The van der Waals surface area contributed by atoms with E-state index in [1.54, 1.807) is 11.0 Å². The molecule has 0 unspecified atom stereocenters. The third kappa shape index (κ3) is 10.4. The van der Waals surface area contributed by atoms with Crippen molar-refractivity contribution in [2.45, 2.75) is 151 Å². The number of ketones is 4. The van der Waals surface area contributed by atoms with Crippen LogP contribution in [0.4, 0.5) is 0 Å². The maximum absolute atomic E-state index is 14.7. The molecule has 0 aromatic heterocycles. The van der Waals surface area contributed by atoms with Crippen LogP contribution in [0.2, 0.25) is 0 Å². The number of fused-ring (bicyclic) bond motifs is 3. The van der Waals surface area contributed by atoms with Crippen molar-refractivity contribution >= 4 is 40.9 Å². The van der Waals surface area contributed by atoms with E-state index in [-0.39, 0.29) is 97.5 Å². The Hall–Kier alpha value is -3.01. The number of piperidine rings is 2. The number of imide groups is 1. The summed E-state index contributed by atoms with van der Waals surface area (Å²) in [4.78, 5) is 98.5. The minimum Gasteiger partial charge on any atom is -0.378 e. The van der Waals surface area contributed by atoms with Gasteiger partial charge in [-0.1, -0.05) is 80.2 Å². The van der Waals surface area contributed by atoms with Crippen LogP contribution in [0.1, 0.15) is 139 Å². The van der Waals surface area contributed by atoms with Gasteiger partial charge < -0.3 is 9.64 Å². The van der Waals surface area contributed by atoms with Gasteiger partial charge in [0.1, 0.15) is 5.78 Å². The van der Waals surface area contributed by atoms with Gasteiger partial charge in [0, 0.05) is 64.1 Å². The SMILES string of the molecule is C=CCCC(=O)C(=O)[C@@H]1CCCCCCCO[C@@H](C)[C@H](CC(=O)C[C@H](CN2C(=O)CC(C)(C)CC2=O)C(C)(C)C)C(=O)N2C[C@H]3[C@@H]([C@H]2C(=O)C1)C3(C)C. The van der Waals surface area contributed by atoms with Gasteiger partial charge in [0.15, 0.2) is 11.6 Å². The quantitative estimate of drug-likeness (QED) is 0.130. The van der Waals surface area contributed by atoms with E-state index in [0.29, 0.717) is 26.0 Å². The first-order valence-electron chi connectivity index (χ1n) is 20.2. The van der Waals surface area contributed by atoms with Crippen molar-refractivity contribution in [1.29, 1.82) is 0 Å². The zero-order chi connectivity index (χ0) is 39.5. The molecular formula is C43H66N2O8. The van der Waals surface area contributed by atoms with Gasteiger partial charge in [0.2, 0.25) is 23.5 Å². The van der Waals surface area contributed by atoms with Crippen LogP contribution in [0.5, 0.6) is 0 Å². The van der Waals surface area contributed by atoms with Crippen LogP contribution in [0, 0.1) is 45.8 Å². The predicted octanol–water partition coefficient (Wildman–Crippen LogP) is 6.71. The Morgan fingerprint density at radius 2 is 1.58 bits per heavy atom. The first-order chi connectivity index (χ1) is 24.7. The number of Topliss-reactive ketones (excluding diaryl/α,β-unsaturated/α-hetero) is 4. The molecule has 0 radical (unpaired) electrons. The van der Waals surface area contributed by atoms with Gasteiger partial charge >= 0.3 is 0 Å². The zero-order valence-electron chi connectivity index (χ0n) is 33.8. The number of likely N-dealkylation sites (tertiary alicyclic amines) is 1. The number of amides is 3. The second kappa shape index (κ2) is 17.2. The summed E-state index contributed by atoms with van der Waals surface area (Å²) in [5, 5.41) is 0. The van der Waals surface area contributed by atoms with E-state index in [0.717, 1.165) is 32.1 Å². The van der Waals surface area contributed by atoms with E-state index >= 15 is 0 Å². The van der Waals surface area contributed by atoms with Crippen LogP contribution in [0.25, 0.3) is 0 Å². The summed E-state index contributed by atoms with van der Waals surface area (Å²) >= 11 is 0. The molecule has 296 valence electrons. The first-order valence-corrected chi connectivity index (χ1v) is 20.2. The number of rotatable bonds is 11. The molecule has 0 bridgehead atoms. The van der Waals surface area contributed by atoms with Crippen LogP contribution in [0.15, 0.2) is 12.7 Å². The Morgan fingerprint density at radius 1 is 0.962 bits per heavy atom. The number of ether oxygens (including phenoxy) is 1. The van der Waals surface area contributed by atoms with Crippen molar-refractivity contribution in [1.82, 2.24) is 9.80 Å². The fraction of sp³-hybridized carbons (Fsp3) is 0.791. The highest BCUT2D eigenvalue weighted by Crippen LogP contribution is 2.65. The summed E-state index contributed by atoms with van der Waals surface area (Å²) in [6.07, 6.45) is 6.61. The van der Waals surface area contributed by atoms with Gasteiger partial charge in [-0.15, -0.1) is 6.58 Å². The largest absolute Gasteiger partial charge is 0.378 e. The summed E-state index contributed by atoms with van der Waals surface area (Å²) in [7, 11) is 0. The highest BCUT2D eigenvalue weighted by Gasteiger charge is 2.69. The summed E-state index contributed by atoms with van der Waals surface area (Å²) < 4.78 is 6.26. The number of hydrogen-bond donors (Lipinski definition) is 0. The smallest absolute Gasteiger partial charge is 0.229 e. The fourth-order valence-corrected chi connectivity index (χ4v) is 9.12. The molecule has 1 saturated carbocycles. The van der Waals surface area contributed by atoms with E-state index in [2.05, 4.69) is 20.4 Å². The lowest BCUT2D eigenvalue weighted by Gasteiger charge is -2.39. The second-order valence-electron chi connectivity index (χ2n) is 19.0. The van der Waals surface area contributed by atoms with Gasteiger partial charge in [-0.3, -0.25) is 38.5 Å². The van der Waals surface area contributed by atoms with Gasteiger partial charge in [-0.25, -0.2) is 0 Å². The van der Waals surface area contributed by atoms with Crippen LogP contribution in [-0.2, 0) is 38.3 Å². The topological polar surface area (TPSA) is 135 Å². The Balaban J connectivity index is 1.58. The summed E-state index contributed by atoms with van der Waals surface area (Å²) in [5.74, 6) is -3.87. The molecule has 3 aliphatic heterocycles. The molecule has 0 N–H and O–H groups in total. The van der Waals surface area contributed by atoms with Crippen LogP contribution in [-0.4, -0.2) is 82.5 Å². The number of carbonyl (C=O) groups is 7. The average molecular weight is 739 g/mol. The molecule has 1 aliphatic carbocycles. The van der Waals surface area contributed by atoms with Crippen molar-refractivity contribution in [2.75, 3.05) is 19.7 Å². The van der Waals surface area contributed by atoms with Crippen molar-refractivity contribution in [3.8, 4) is 0 Å². The third-order valence-electron chi connectivity index (χ3n) is 12.9. The lowest BCUT2D eigenvalue weighted by atomic mass is 9.75. The number of allylic oxidation sites excluding steroid dienone is 1. The summed E-state index contributed by atoms with van der Waals surface area (Å²) in [5.41, 5.74) is -0.957. The molecular weight excluding hydrogens is 672 g/mol. The predicted molar refractivity (Wildman–Crippen MR) is 202 cm³/mol. The monoisotopic (exact) mass is 738 g/mol. The molecule has 53 heavy (non-hydrogen) atoms. The molecule has 3 saturated heterocycles. The molecule has 4 aliphatic rings. The Morgan fingerprint density at radius 3 is 2.21 bits per heavy atom. The Bertz CT molecular complexity index is 1420. The van der Waals surface area contributed by atoms with Crippen molar-refractivity contribution in [2.24, 2.45) is 45.8 Å². The van der Waals surface area contributed by atoms with Crippen LogP contribution in [0.3, 0.4) is 0 Å². The van der Waals surface area contributed by atoms with Crippen molar-refractivity contribution < 1.29 is 38.3 Å². The molecule has 4 rings (SSSR count). The maximum atomic E-state index is 14.7. The van der Waals surface area contributed by atoms with E-state index in [1.807, 2.05) is 41.5 Å². The number of carbonyl (C=O) groups excluding carboxylic acids is 7. The Labute approximate surface area is 317 Å². The summed E-state index contributed by atoms with van der Waals surface area (Å²) in [6.45, 7) is 20.5. The molecule has 10 nitrogen and oxygen atoms in total. The first kappa shape index (κ1) is 42.7. The second-order valence-corrected chi connectivity index (χ2v) is 19.0. The third-order valence-corrected chi connectivity index (χ3v) is 12.9. The Kier molecular flexibility index (Phi) is 13.9. The maximum Gasteiger partial charge on any atom is 0.229 e. The molecule has 0 aromatic carbocycles. The van der Waals surface area contributed by atoms with Crippen LogP contribution >= 0.6 is 0 Å². The van der Waals surface area contributed by atoms with E-state index < -0.39 is 46.4 Å². The standard InChI is InChI=1S/C43H66N2O8/c1-10-11-18-33(47)39(51)28-17-15-13-12-14-16-19-53-27(2)31(40(52)45-26-32-37(43(32,8)9)38(45)34(48)20-28)22-30(46)21-29(41(3,4)5)25-44-35(49)23-42(6,7)24-36(44)50/h10,27-29,31-32,37-38H,1,11-26H2,2-9H3/t27-,28+,29+,31-,32-,37-,38+/m0/s1. The van der Waals surface area contributed by atoms with Gasteiger partial charge in [0.05, 0.1) is 18.1 Å². The number of nitrogens with zero attached hydrogens (tertiary/aromatic N) is 2. The lowest BCUT2D eigenvalue weighted by molar-refractivity contribution is -0.154. The van der Waals surface area contributed by atoms with Crippen molar-refractivity contribution in [3.05, 3.63) is 12.7 Å². The molecule has 0 spiro atoms. The molecule has 3 amide bonds. The van der Waals surface area contributed by atoms with E-state index in [9.17, 15) is 33.6 Å². The summed E-state index contributed by atoms with van der Waals surface area (Å²) in [6, 6.07) is -0.735. The average Bonchev–Trinajstić information content (AvgIpc) is 3.36. The molecule has 3 heterocycles. The molecule has 4 fully saturated rings. The van der Waals surface area contributed by atoms with Crippen LogP contribution < -0.4 is 0 Å².